The minimum Gasteiger partial charge on any atom is -0.487 e. The zero-order valence-corrected chi connectivity index (χ0v) is 11.0. The van der Waals surface area contributed by atoms with Gasteiger partial charge in [-0.1, -0.05) is 6.07 Å². The standard InChI is InChI=1S/C16H13NO3/c1-11-8-16(18)20-15-9-13(5-6-14(11)15)19-10-12-4-2-3-7-17-12/h2-9H,10H2,1H3. The van der Waals surface area contributed by atoms with Crippen molar-refractivity contribution >= 4 is 11.0 Å². The Labute approximate surface area is 115 Å². The fourth-order valence-corrected chi connectivity index (χ4v) is 2.04. The van der Waals surface area contributed by atoms with Gasteiger partial charge in [-0.05, 0) is 36.8 Å². The minimum atomic E-state index is -0.350. The molecular formula is C16H13NO3. The van der Waals surface area contributed by atoms with Crippen LogP contribution < -0.4 is 10.4 Å². The molecule has 0 aliphatic carbocycles. The van der Waals surface area contributed by atoms with Gasteiger partial charge in [0, 0.05) is 23.7 Å². The lowest BCUT2D eigenvalue weighted by Crippen LogP contribution is -1.99. The number of aromatic nitrogens is 1. The zero-order chi connectivity index (χ0) is 13.9. The van der Waals surface area contributed by atoms with E-state index in [1.54, 1.807) is 12.3 Å². The predicted molar refractivity (Wildman–Crippen MR) is 75.8 cm³/mol. The number of nitrogens with zero attached hydrogens (tertiary/aromatic N) is 1. The Morgan fingerprint density at radius 3 is 2.90 bits per heavy atom. The van der Waals surface area contributed by atoms with Gasteiger partial charge in [0.05, 0.1) is 5.69 Å². The number of fused-ring (bicyclic) bond motifs is 1. The van der Waals surface area contributed by atoms with Crippen molar-refractivity contribution in [3.63, 3.8) is 0 Å². The first-order valence-corrected chi connectivity index (χ1v) is 6.29. The van der Waals surface area contributed by atoms with Crippen molar-refractivity contribution in [2.45, 2.75) is 13.5 Å². The number of pyridine rings is 1. The van der Waals surface area contributed by atoms with Crippen molar-refractivity contribution in [3.8, 4) is 5.75 Å². The highest BCUT2D eigenvalue weighted by Gasteiger charge is 2.04. The maximum atomic E-state index is 11.4. The Bertz CT molecular complexity index is 794. The number of ether oxygens (including phenoxy) is 1. The van der Waals surface area contributed by atoms with Crippen molar-refractivity contribution in [2.24, 2.45) is 0 Å². The Morgan fingerprint density at radius 1 is 1.20 bits per heavy atom. The summed E-state index contributed by atoms with van der Waals surface area (Å²) in [5.41, 5.74) is 1.93. The summed E-state index contributed by atoms with van der Waals surface area (Å²) in [5.74, 6) is 0.650. The molecule has 1 aromatic carbocycles. The predicted octanol–water partition coefficient (Wildman–Crippen LogP) is 3.08. The summed E-state index contributed by atoms with van der Waals surface area (Å²) >= 11 is 0. The summed E-state index contributed by atoms with van der Waals surface area (Å²) in [7, 11) is 0. The summed E-state index contributed by atoms with van der Waals surface area (Å²) in [6.07, 6.45) is 1.72. The van der Waals surface area contributed by atoms with Crippen LogP contribution in [0, 0.1) is 6.92 Å². The highest BCUT2D eigenvalue weighted by molar-refractivity contribution is 5.81. The molecule has 0 fully saturated rings. The first-order chi connectivity index (χ1) is 9.72. The molecular weight excluding hydrogens is 254 g/mol. The first kappa shape index (κ1) is 12.4. The molecule has 0 N–H and O–H groups in total. The maximum absolute atomic E-state index is 11.4. The van der Waals surface area contributed by atoms with Crippen molar-refractivity contribution < 1.29 is 9.15 Å². The van der Waals surface area contributed by atoms with E-state index in [4.69, 9.17) is 9.15 Å². The average molecular weight is 267 g/mol. The molecule has 0 saturated heterocycles. The molecule has 0 saturated carbocycles. The van der Waals surface area contributed by atoms with Crippen LogP contribution in [0.2, 0.25) is 0 Å². The van der Waals surface area contributed by atoms with Gasteiger partial charge in [0.2, 0.25) is 0 Å². The van der Waals surface area contributed by atoms with E-state index in [1.165, 1.54) is 6.07 Å². The molecule has 0 aliphatic heterocycles. The lowest BCUT2D eigenvalue weighted by atomic mass is 10.1. The molecule has 3 aromatic rings. The van der Waals surface area contributed by atoms with Crippen molar-refractivity contribution in [1.29, 1.82) is 0 Å². The van der Waals surface area contributed by atoms with E-state index in [2.05, 4.69) is 4.98 Å². The smallest absolute Gasteiger partial charge is 0.336 e. The molecule has 2 heterocycles. The molecule has 0 atom stereocenters. The third-order valence-electron chi connectivity index (χ3n) is 3.04. The van der Waals surface area contributed by atoms with Gasteiger partial charge in [-0.2, -0.15) is 0 Å². The topological polar surface area (TPSA) is 52.3 Å². The zero-order valence-electron chi connectivity index (χ0n) is 11.0. The lowest BCUT2D eigenvalue weighted by molar-refractivity contribution is 0.301. The van der Waals surface area contributed by atoms with Crippen LogP contribution in [-0.2, 0) is 6.61 Å². The molecule has 0 unspecified atom stereocenters. The number of benzene rings is 1. The summed E-state index contributed by atoms with van der Waals surface area (Å²) in [6.45, 7) is 2.26. The van der Waals surface area contributed by atoms with Crippen molar-refractivity contribution in [3.05, 3.63) is 70.3 Å². The van der Waals surface area contributed by atoms with Gasteiger partial charge in [-0.3, -0.25) is 4.98 Å². The van der Waals surface area contributed by atoms with Crippen LogP contribution in [0.15, 0.2) is 57.9 Å². The molecule has 0 spiro atoms. The van der Waals surface area contributed by atoms with Crippen LogP contribution in [0.4, 0.5) is 0 Å². The minimum absolute atomic E-state index is 0.350. The Hall–Kier alpha value is -2.62. The number of hydrogen-bond acceptors (Lipinski definition) is 4. The highest BCUT2D eigenvalue weighted by Crippen LogP contribution is 2.22. The first-order valence-electron chi connectivity index (χ1n) is 6.29. The van der Waals surface area contributed by atoms with Crippen molar-refractivity contribution in [2.75, 3.05) is 0 Å². The van der Waals surface area contributed by atoms with E-state index in [0.29, 0.717) is 17.9 Å². The van der Waals surface area contributed by atoms with Gasteiger partial charge in [0.1, 0.15) is 17.9 Å². The second-order valence-corrected chi connectivity index (χ2v) is 4.52. The van der Waals surface area contributed by atoms with Gasteiger partial charge in [-0.15, -0.1) is 0 Å². The number of aryl methyl sites for hydroxylation is 1. The van der Waals surface area contributed by atoms with E-state index in [9.17, 15) is 4.79 Å². The van der Waals surface area contributed by atoms with Gasteiger partial charge in [0.25, 0.3) is 0 Å². The fraction of sp³-hybridized carbons (Fsp3) is 0.125. The quantitative estimate of drug-likeness (QED) is 0.684. The van der Waals surface area contributed by atoms with Gasteiger partial charge < -0.3 is 9.15 Å². The average Bonchev–Trinajstić information content (AvgIpc) is 2.45. The Kier molecular flexibility index (Phi) is 3.21. The van der Waals surface area contributed by atoms with E-state index >= 15 is 0 Å². The van der Waals surface area contributed by atoms with Crippen LogP contribution >= 0.6 is 0 Å². The molecule has 0 amide bonds. The Morgan fingerprint density at radius 2 is 2.10 bits per heavy atom. The molecule has 0 bridgehead atoms. The third-order valence-corrected chi connectivity index (χ3v) is 3.04. The number of hydrogen-bond donors (Lipinski definition) is 0. The summed E-state index contributed by atoms with van der Waals surface area (Å²) in [5, 5.41) is 0.912. The molecule has 0 aliphatic rings. The summed E-state index contributed by atoms with van der Waals surface area (Å²) in [4.78, 5) is 15.6. The molecule has 2 aromatic heterocycles. The molecule has 100 valence electrons. The third kappa shape index (κ3) is 2.54. The Balaban J connectivity index is 1.88. The van der Waals surface area contributed by atoms with E-state index in [1.807, 2.05) is 37.3 Å². The molecule has 4 heteroatoms. The molecule has 3 rings (SSSR count). The fourth-order valence-electron chi connectivity index (χ4n) is 2.04. The van der Waals surface area contributed by atoms with E-state index in [-0.39, 0.29) is 5.63 Å². The van der Waals surface area contributed by atoms with Crippen LogP contribution in [0.25, 0.3) is 11.0 Å². The SMILES string of the molecule is Cc1cc(=O)oc2cc(OCc3ccccn3)ccc12. The van der Waals surface area contributed by atoms with Crippen LogP contribution in [-0.4, -0.2) is 4.98 Å². The maximum Gasteiger partial charge on any atom is 0.336 e. The molecule has 4 nitrogen and oxygen atoms in total. The normalized spacial score (nSPS) is 10.7. The second kappa shape index (κ2) is 5.17. The monoisotopic (exact) mass is 267 g/mol. The van der Waals surface area contributed by atoms with E-state index in [0.717, 1.165) is 16.6 Å². The van der Waals surface area contributed by atoms with Gasteiger partial charge >= 0.3 is 5.63 Å². The molecule has 20 heavy (non-hydrogen) atoms. The second-order valence-electron chi connectivity index (χ2n) is 4.52. The van der Waals surface area contributed by atoms with Crippen LogP contribution in [0.1, 0.15) is 11.3 Å². The van der Waals surface area contributed by atoms with Gasteiger partial charge in [-0.25, -0.2) is 4.79 Å². The van der Waals surface area contributed by atoms with Crippen LogP contribution in [0.5, 0.6) is 5.75 Å². The van der Waals surface area contributed by atoms with Crippen molar-refractivity contribution in [1.82, 2.24) is 4.98 Å². The molecule has 0 radical (unpaired) electrons. The summed E-state index contributed by atoms with van der Waals surface area (Å²) < 4.78 is 10.8. The highest BCUT2D eigenvalue weighted by atomic mass is 16.5. The number of rotatable bonds is 3. The largest absolute Gasteiger partial charge is 0.487 e. The summed E-state index contributed by atoms with van der Waals surface area (Å²) in [6, 6.07) is 12.6. The van der Waals surface area contributed by atoms with Gasteiger partial charge in [0.15, 0.2) is 0 Å². The van der Waals surface area contributed by atoms with E-state index < -0.39 is 0 Å². The lowest BCUT2D eigenvalue weighted by Gasteiger charge is -2.07. The van der Waals surface area contributed by atoms with Crippen LogP contribution in [0.3, 0.4) is 0 Å².